The summed E-state index contributed by atoms with van der Waals surface area (Å²) in [5.41, 5.74) is -0.405. The Balaban J connectivity index is 0. The van der Waals surface area contributed by atoms with E-state index in [9.17, 15) is 4.79 Å². The van der Waals surface area contributed by atoms with Crippen LogP contribution in [0.1, 0.15) is 40.5 Å². The Morgan fingerprint density at radius 1 is 1.23 bits per heavy atom. The van der Waals surface area contributed by atoms with Crippen molar-refractivity contribution in [2.75, 3.05) is 38.4 Å². The van der Waals surface area contributed by atoms with Crippen molar-refractivity contribution in [3.8, 4) is 0 Å². The average Bonchev–Trinajstić information content (AvgIpc) is 2.43. The van der Waals surface area contributed by atoms with Gasteiger partial charge in [-0.2, -0.15) is 0 Å². The van der Waals surface area contributed by atoms with Gasteiger partial charge in [0.15, 0.2) is 0 Å². The number of carbonyl (C=O) groups is 1. The fourth-order valence-corrected chi connectivity index (χ4v) is 3.13. The number of rotatable bonds is 12. The molecule has 0 aromatic rings. The molecule has 0 aliphatic heterocycles. The van der Waals surface area contributed by atoms with E-state index in [-0.39, 0.29) is 12.5 Å². The zero-order chi connectivity index (χ0) is 17.4. The van der Waals surface area contributed by atoms with Crippen LogP contribution in [0, 0.1) is 5.92 Å². The number of hydrogen-bond acceptors (Lipinski definition) is 6. The number of carbonyl (C=O) groups excluding carboxylic acids is 1. The molecule has 7 heteroatoms. The van der Waals surface area contributed by atoms with Crippen LogP contribution in [0.2, 0.25) is 0 Å². The summed E-state index contributed by atoms with van der Waals surface area (Å²) in [6.45, 7) is 9.80. The van der Waals surface area contributed by atoms with Crippen LogP contribution in [0.25, 0.3) is 0 Å². The molecular weight excluding hydrogens is 322 g/mol. The molecule has 134 valence electrons. The molecular formula is C15H33NO4S2. The summed E-state index contributed by atoms with van der Waals surface area (Å²) in [5.74, 6) is 2.24. The average molecular weight is 356 g/mol. The van der Waals surface area contributed by atoms with E-state index in [1.165, 1.54) is 0 Å². The minimum Gasteiger partial charge on any atom is -0.400 e. The number of hydrogen-bond donors (Lipinski definition) is 3. The molecule has 0 rings (SSSR count). The molecule has 0 aromatic carbocycles. The highest BCUT2D eigenvalue weighted by atomic mass is 33.1. The molecule has 0 saturated carbocycles. The maximum Gasteiger partial charge on any atom is 0.222 e. The number of aliphatic hydroxyl groups is 2. The summed E-state index contributed by atoms with van der Waals surface area (Å²) >= 11 is 0. The van der Waals surface area contributed by atoms with Crippen molar-refractivity contribution >= 4 is 27.5 Å². The van der Waals surface area contributed by atoms with Gasteiger partial charge >= 0.3 is 0 Å². The van der Waals surface area contributed by atoms with Crippen molar-refractivity contribution < 1.29 is 19.7 Å². The molecule has 0 aliphatic carbocycles. The molecule has 0 heterocycles. The molecule has 0 spiro atoms. The highest BCUT2D eigenvalue weighted by Crippen LogP contribution is 2.19. The zero-order valence-corrected chi connectivity index (χ0v) is 16.2. The number of aliphatic hydroxyl groups excluding tert-OH is 2. The normalized spacial score (nSPS) is 11.1. The van der Waals surface area contributed by atoms with Gasteiger partial charge in [-0.15, -0.1) is 0 Å². The second kappa shape index (κ2) is 15.9. The lowest BCUT2D eigenvalue weighted by atomic mass is 10.0. The van der Waals surface area contributed by atoms with E-state index in [4.69, 9.17) is 14.9 Å². The monoisotopic (exact) mass is 355 g/mol. The second-order valence-electron chi connectivity index (χ2n) is 5.68. The summed E-state index contributed by atoms with van der Waals surface area (Å²) in [6.07, 6.45) is 1.41. The first kappa shape index (κ1) is 24.3. The smallest absolute Gasteiger partial charge is 0.222 e. The zero-order valence-electron chi connectivity index (χ0n) is 14.6. The lowest BCUT2D eigenvalue weighted by molar-refractivity contribution is -0.127. The largest absolute Gasteiger partial charge is 0.400 e. The molecule has 0 atom stereocenters. The van der Waals surface area contributed by atoms with Crippen molar-refractivity contribution in [2.24, 2.45) is 5.92 Å². The molecule has 0 aliphatic rings. The van der Waals surface area contributed by atoms with E-state index in [1.54, 1.807) is 21.6 Å². The summed E-state index contributed by atoms with van der Waals surface area (Å²) in [7, 11) is 4.29. The Morgan fingerprint density at radius 3 is 2.36 bits per heavy atom. The van der Waals surface area contributed by atoms with Crippen LogP contribution in [0.5, 0.6) is 0 Å². The SMILES string of the molecule is CC(C)CCOC(C)(C)CC(=O)NCCSSCCO.CO. The van der Waals surface area contributed by atoms with Gasteiger partial charge in [0.1, 0.15) is 0 Å². The van der Waals surface area contributed by atoms with Crippen molar-refractivity contribution in [3.63, 3.8) is 0 Å². The van der Waals surface area contributed by atoms with Gasteiger partial charge in [-0.1, -0.05) is 35.4 Å². The van der Waals surface area contributed by atoms with Gasteiger partial charge in [0.25, 0.3) is 0 Å². The Kier molecular flexibility index (Phi) is 17.6. The van der Waals surface area contributed by atoms with Gasteiger partial charge in [-0.3, -0.25) is 4.79 Å². The molecule has 22 heavy (non-hydrogen) atoms. The topological polar surface area (TPSA) is 78.8 Å². The first-order chi connectivity index (χ1) is 10.4. The fourth-order valence-electron chi connectivity index (χ4n) is 1.46. The lowest BCUT2D eigenvalue weighted by Crippen LogP contribution is -2.35. The molecule has 0 unspecified atom stereocenters. The Bertz CT molecular complexity index is 264. The highest BCUT2D eigenvalue weighted by molar-refractivity contribution is 8.76. The van der Waals surface area contributed by atoms with E-state index < -0.39 is 5.60 Å². The van der Waals surface area contributed by atoms with Crippen molar-refractivity contribution in [1.29, 1.82) is 0 Å². The molecule has 0 radical (unpaired) electrons. The van der Waals surface area contributed by atoms with Crippen LogP contribution in [-0.4, -0.2) is 60.1 Å². The molecule has 0 fully saturated rings. The minimum atomic E-state index is -0.405. The summed E-state index contributed by atoms with van der Waals surface area (Å²) in [5, 5.41) is 18.5. The third-order valence-corrected chi connectivity index (χ3v) is 4.93. The Hall–Kier alpha value is 0.0500. The Labute approximate surface area is 143 Å². The van der Waals surface area contributed by atoms with Crippen molar-refractivity contribution in [3.05, 3.63) is 0 Å². The van der Waals surface area contributed by atoms with Crippen LogP contribution in [0.15, 0.2) is 0 Å². The molecule has 0 saturated heterocycles. The van der Waals surface area contributed by atoms with Gasteiger partial charge in [-0.05, 0) is 26.2 Å². The Morgan fingerprint density at radius 2 is 1.82 bits per heavy atom. The predicted octanol–water partition coefficient (Wildman–Crippen LogP) is 2.32. The first-order valence-electron chi connectivity index (χ1n) is 7.58. The molecule has 1 amide bonds. The van der Waals surface area contributed by atoms with Gasteiger partial charge in [0, 0.05) is 31.8 Å². The molecule has 3 N–H and O–H groups in total. The maximum atomic E-state index is 11.8. The predicted molar refractivity (Wildman–Crippen MR) is 97.3 cm³/mol. The highest BCUT2D eigenvalue weighted by Gasteiger charge is 2.22. The van der Waals surface area contributed by atoms with Gasteiger partial charge in [0.2, 0.25) is 5.91 Å². The van der Waals surface area contributed by atoms with Crippen molar-refractivity contribution in [1.82, 2.24) is 5.32 Å². The quantitative estimate of drug-likeness (QED) is 0.368. The minimum absolute atomic E-state index is 0.0345. The number of amides is 1. The van der Waals surface area contributed by atoms with E-state index >= 15 is 0 Å². The van der Waals surface area contributed by atoms with E-state index in [1.807, 2.05) is 13.8 Å². The second-order valence-corrected chi connectivity index (χ2v) is 8.39. The van der Waals surface area contributed by atoms with Crippen LogP contribution in [0.4, 0.5) is 0 Å². The van der Waals surface area contributed by atoms with Gasteiger partial charge in [0.05, 0.1) is 18.6 Å². The van der Waals surface area contributed by atoms with Crippen LogP contribution in [0.3, 0.4) is 0 Å². The van der Waals surface area contributed by atoms with Gasteiger partial charge in [-0.25, -0.2) is 0 Å². The lowest BCUT2D eigenvalue weighted by Gasteiger charge is -2.25. The standard InChI is InChI=1S/C14H29NO3S2.CH4O/c1-12(2)5-8-18-14(3,4)11-13(17)15-6-9-19-20-10-7-16;1-2/h12,16H,5-11H2,1-4H3,(H,15,17);2H,1H3. The van der Waals surface area contributed by atoms with Crippen LogP contribution in [-0.2, 0) is 9.53 Å². The third kappa shape index (κ3) is 18.1. The summed E-state index contributed by atoms with van der Waals surface area (Å²) < 4.78 is 5.77. The van der Waals surface area contributed by atoms with Crippen LogP contribution < -0.4 is 5.32 Å². The number of nitrogens with one attached hydrogen (secondary N) is 1. The fraction of sp³-hybridized carbons (Fsp3) is 0.933. The molecule has 5 nitrogen and oxygen atoms in total. The van der Waals surface area contributed by atoms with Crippen molar-refractivity contribution in [2.45, 2.75) is 46.1 Å². The summed E-state index contributed by atoms with van der Waals surface area (Å²) in [6, 6.07) is 0. The molecule has 0 aromatic heterocycles. The number of ether oxygens (including phenoxy) is 1. The third-order valence-electron chi connectivity index (χ3n) is 2.54. The maximum absolute atomic E-state index is 11.8. The van der Waals surface area contributed by atoms with E-state index in [0.29, 0.717) is 25.5 Å². The molecule has 0 bridgehead atoms. The van der Waals surface area contributed by atoms with E-state index in [2.05, 4.69) is 19.2 Å². The first-order valence-corrected chi connectivity index (χ1v) is 10.1. The van der Waals surface area contributed by atoms with Gasteiger partial charge < -0.3 is 20.3 Å². The van der Waals surface area contributed by atoms with E-state index in [0.717, 1.165) is 25.0 Å². The summed E-state index contributed by atoms with van der Waals surface area (Å²) in [4.78, 5) is 11.8. The van der Waals surface area contributed by atoms with Crippen LogP contribution >= 0.6 is 21.6 Å².